The van der Waals surface area contributed by atoms with E-state index in [1.807, 2.05) is 45.9 Å². The van der Waals surface area contributed by atoms with Crippen molar-refractivity contribution in [3.05, 3.63) is 35.6 Å². The van der Waals surface area contributed by atoms with Crippen LogP contribution in [0, 0.1) is 11.8 Å². The molecule has 1 aliphatic heterocycles. The third-order valence-corrected chi connectivity index (χ3v) is 5.14. The standard InChI is InChI=1S/C17H27NO4S/c1-12(2)10-18(23(5,20)21)11-13-8-14-6-7-17(3,4)22-16(14)15(19)9-13/h6-9,12,14,16,19H,10-11H2,1-5H3. The van der Waals surface area contributed by atoms with Crippen LogP contribution in [0.1, 0.15) is 27.7 Å². The Balaban J connectivity index is 2.22. The van der Waals surface area contributed by atoms with Gasteiger partial charge < -0.3 is 9.84 Å². The number of hydrogen-bond donors (Lipinski definition) is 1. The van der Waals surface area contributed by atoms with Crippen LogP contribution in [0.25, 0.3) is 0 Å². The van der Waals surface area contributed by atoms with Crippen LogP contribution in [0.2, 0.25) is 0 Å². The van der Waals surface area contributed by atoms with E-state index in [4.69, 9.17) is 4.74 Å². The van der Waals surface area contributed by atoms with Gasteiger partial charge in [-0.25, -0.2) is 8.42 Å². The third-order valence-electron chi connectivity index (χ3n) is 3.93. The number of ether oxygens (including phenoxy) is 1. The van der Waals surface area contributed by atoms with E-state index in [2.05, 4.69) is 0 Å². The van der Waals surface area contributed by atoms with Crippen molar-refractivity contribution < 1.29 is 18.3 Å². The number of aliphatic hydroxyl groups excluding tert-OH is 1. The highest BCUT2D eigenvalue weighted by Crippen LogP contribution is 2.34. The maximum absolute atomic E-state index is 12.0. The molecule has 2 rings (SSSR count). The van der Waals surface area contributed by atoms with E-state index in [1.54, 1.807) is 6.08 Å². The zero-order valence-electron chi connectivity index (χ0n) is 14.5. The van der Waals surface area contributed by atoms with Gasteiger partial charge in [-0.15, -0.1) is 0 Å². The Bertz CT molecular complexity index is 644. The van der Waals surface area contributed by atoms with Crippen molar-refractivity contribution in [2.45, 2.75) is 39.4 Å². The molecule has 1 N–H and O–H groups in total. The highest BCUT2D eigenvalue weighted by molar-refractivity contribution is 7.88. The lowest BCUT2D eigenvalue weighted by Gasteiger charge is -2.37. The molecule has 2 unspecified atom stereocenters. The topological polar surface area (TPSA) is 66.8 Å². The van der Waals surface area contributed by atoms with Crippen molar-refractivity contribution >= 4 is 10.0 Å². The van der Waals surface area contributed by atoms with Crippen molar-refractivity contribution in [1.82, 2.24) is 4.31 Å². The summed E-state index contributed by atoms with van der Waals surface area (Å²) in [6, 6.07) is 0. The molecule has 0 aromatic rings. The van der Waals surface area contributed by atoms with E-state index in [0.29, 0.717) is 6.54 Å². The first kappa shape index (κ1) is 18.2. The van der Waals surface area contributed by atoms with Gasteiger partial charge in [-0.05, 0) is 31.4 Å². The minimum Gasteiger partial charge on any atom is -0.509 e. The summed E-state index contributed by atoms with van der Waals surface area (Å²) in [4.78, 5) is 0. The average Bonchev–Trinajstić information content (AvgIpc) is 2.37. The average molecular weight is 341 g/mol. The predicted molar refractivity (Wildman–Crippen MR) is 91.6 cm³/mol. The third kappa shape index (κ3) is 4.68. The monoisotopic (exact) mass is 341 g/mol. The molecular formula is C17H27NO4S. The molecule has 2 aliphatic rings. The van der Waals surface area contributed by atoms with Crippen LogP contribution >= 0.6 is 0 Å². The first-order valence-electron chi connectivity index (χ1n) is 7.91. The lowest BCUT2D eigenvalue weighted by Crippen LogP contribution is -2.40. The molecule has 0 bridgehead atoms. The number of sulfonamides is 1. The maximum Gasteiger partial charge on any atom is 0.211 e. The first-order valence-corrected chi connectivity index (χ1v) is 9.76. The zero-order valence-corrected chi connectivity index (χ0v) is 15.3. The van der Waals surface area contributed by atoms with Crippen LogP contribution in [0.4, 0.5) is 0 Å². The maximum atomic E-state index is 12.0. The molecule has 0 saturated carbocycles. The molecule has 0 spiro atoms. The van der Waals surface area contributed by atoms with E-state index in [0.717, 1.165) is 5.57 Å². The van der Waals surface area contributed by atoms with Gasteiger partial charge in [0.25, 0.3) is 0 Å². The van der Waals surface area contributed by atoms with Gasteiger partial charge in [0.2, 0.25) is 10.0 Å². The Morgan fingerprint density at radius 2 is 2.04 bits per heavy atom. The van der Waals surface area contributed by atoms with Gasteiger partial charge in [0, 0.05) is 19.0 Å². The van der Waals surface area contributed by atoms with Crippen LogP contribution in [0.15, 0.2) is 35.6 Å². The fourth-order valence-corrected chi connectivity index (χ4v) is 3.84. The Hall–Kier alpha value is -1.11. The molecule has 2 atom stereocenters. The van der Waals surface area contributed by atoms with Crippen molar-refractivity contribution in [2.75, 3.05) is 19.3 Å². The summed E-state index contributed by atoms with van der Waals surface area (Å²) in [6.45, 7) is 8.58. The van der Waals surface area contributed by atoms with Gasteiger partial charge in [-0.1, -0.05) is 32.1 Å². The zero-order chi connectivity index (χ0) is 17.4. The van der Waals surface area contributed by atoms with Crippen molar-refractivity contribution in [3.8, 4) is 0 Å². The van der Waals surface area contributed by atoms with Gasteiger partial charge in [0.1, 0.15) is 11.9 Å². The Morgan fingerprint density at radius 1 is 1.39 bits per heavy atom. The van der Waals surface area contributed by atoms with E-state index < -0.39 is 21.7 Å². The number of aliphatic hydroxyl groups is 1. The summed E-state index contributed by atoms with van der Waals surface area (Å²) in [7, 11) is -3.29. The Morgan fingerprint density at radius 3 is 2.61 bits per heavy atom. The molecule has 1 aliphatic carbocycles. The van der Waals surface area contributed by atoms with Crippen LogP contribution < -0.4 is 0 Å². The Kier molecular flexibility index (Phi) is 5.09. The van der Waals surface area contributed by atoms with Gasteiger partial charge in [-0.3, -0.25) is 0 Å². The van der Waals surface area contributed by atoms with Gasteiger partial charge in [-0.2, -0.15) is 4.31 Å². The van der Waals surface area contributed by atoms with Crippen LogP contribution in [-0.4, -0.2) is 48.9 Å². The normalized spacial score (nSPS) is 26.9. The van der Waals surface area contributed by atoms with Crippen molar-refractivity contribution in [3.63, 3.8) is 0 Å². The Labute approximate surface area is 139 Å². The lowest BCUT2D eigenvalue weighted by molar-refractivity contribution is -0.0616. The largest absolute Gasteiger partial charge is 0.509 e. The minimum atomic E-state index is -3.29. The number of rotatable bonds is 5. The second-order valence-electron chi connectivity index (χ2n) is 7.34. The fraction of sp³-hybridized carbons (Fsp3) is 0.647. The minimum absolute atomic E-state index is 0.0662. The molecular weight excluding hydrogens is 314 g/mol. The lowest BCUT2D eigenvalue weighted by atomic mass is 9.87. The first-order chi connectivity index (χ1) is 10.5. The fourth-order valence-electron chi connectivity index (χ4n) is 2.88. The van der Waals surface area contributed by atoms with E-state index >= 15 is 0 Å². The van der Waals surface area contributed by atoms with Crippen molar-refractivity contribution in [1.29, 1.82) is 0 Å². The molecule has 0 aromatic heterocycles. The summed E-state index contributed by atoms with van der Waals surface area (Å²) in [6.07, 6.45) is 8.44. The SMILES string of the molecule is CC(C)CN(CC1=CC2C=CC(C)(C)OC2C(O)=C1)S(C)(=O)=O. The van der Waals surface area contributed by atoms with Crippen LogP contribution in [-0.2, 0) is 14.8 Å². The summed E-state index contributed by atoms with van der Waals surface area (Å²) >= 11 is 0. The summed E-state index contributed by atoms with van der Waals surface area (Å²) in [5.41, 5.74) is 0.382. The van der Waals surface area contributed by atoms with Gasteiger partial charge >= 0.3 is 0 Å². The van der Waals surface area contributed by atoms with Crippen LogP contribution in [0.3, 0.4) is 0 Å². The van der Waals surface area contributed by atoms with E-state index in [9.17, 15) is 13.5 Å². The second-order valence-corrected chi connectivity index (χ2v) is 9.32. The molecule has 130 valence electrons. The molecule has 1 heterocycles. The molecule has 0 fully saturated rings. The molecule has 5 nitrogen and oxygen atoms in total. The van der Waals surface area contributed by atoms with Crippen molar-refractivity contribution in [2.24, 2.45) is 11.8 Å². The molecule has 23 heavy (non-hydrogen) atoms. The van der Waals surface area contributed by atoms with Gasteiger partial charge in [0.15, 0.2) is 0 Å². The highest BCUT2D eigenvalue weighted by Gasteiger charge is 2.35. The summed E-state index contributed by atoms with van der Waals surface area (Å²) in [5.74, 6) is 0.323. The molecule has 0 aromatic carbocycles. The van der Waals surface area contributed by atoms with Crippen LogP contribution in [0.5, 0.6) is 0 Å². The quantitative estimate of drug-likeness (QED) is 0.781. The smallest absolute Gasteiger partial charge is 0.211 e. The number of hydrogen-bond acceptors (Lipinski definition) is 4. The summed E-state index contributed by atoms with van der Waals surface area (Å²) < 4.78 is 31.3. The molecule has 0 amide bonds. The summed E-state index contributed by atoms with van der Waals surface area (Å²) in [5, 5.41) is 10.3. The van der Waals surface area contributed by atoms with E-state index in [-0.39, 0.29) is 24.1 Å². The van der Waals surface area contributed by atoms with Gasteiger partial charge in [0.05, 0.1) is 11.9 Å². The molecule has 0 saturated heterocycles. The predicted octanol–water partition coefficient (Wildman–Crippen LogP) is 2.64. The molecule has 6 heteroatoms. The number of nitrogens with zero attached hydrogens (tertiary/aromatic N) is 1. The number of fused-ring (bicyclic) bond motifs is 1. The second kappa shape index (κ2) is 6.42. The molecule has 0 radical (unpaired) electrons. The van der Waals surface area contributed by atoms with E-state index in [1.165, 1.54) is 10.6 Å². The highest BCUT2D eigenvalue weighted by atomic mass is 32.2.